The summed E-state index contributed by atoms with van der Waals surface area (Å²) in [6.07, 6.45) is 0. The van der Waals surface area contributed by atoms with Gasteiger partial charge in [0.05, 0.1) is 12.6 Å². The van der Waals surface area contributed by atoms with Crippen LogP contribution >= 0.6 is 0 Å². The Morgan fingerprint density at radius 3 is 2.75 bits per heavy atom. The molecule has 0 aliphatic carbocycles. The highest BCUT2D eigenvalue weighted by Gasteiger charge is 2.20. The van der Waals surface area contributed by atoms with Gasteiger partial charge in [-0.15, -0.1) is 0 Å². The third-order valence-corrected chi connectivity index (χ3v) is 3.37. The molecular weight excluding hydrogens is 254 g/mol. The fourth-order valence-electron chi connectivity index (χ4n) is 2.01. The van der Waals surface area contributed by atoms with Gasteiger partial charge in [0.15, 0.2) is 0 Å². The van der Waals surface area contributed by atoms with Crippen LogP contribution in [0.5, 0.6) is 0 Å². The van der Waals surface area contributed by atoms with Gasteiger partial charge in [0, 0.05) is 25.9 Å². The number of nitrogen functional groups attached to an aromatic ring is 1. The first-order valence-corrected chi connectivity index (χ1v) is 6.94. The number of ether oxygens (including phenoxy) is 1. The number of likely N-dealkylation sites (N-methyl/N-ethyl adjacent to an activating group) is 1. The van der Waals surface area contributed by atoms with E-state index in [4.69, 9.17) is 10.5 Å². The third-order valence-electron chi connectivity index (χ3n) is 3.37. The molecule has 1 atom stereocenters. The Hall–Kier alpha value is -1.59. The third kappa shape index (κ3) is 4.83. The minimum Gasteiger partial charge on any atom is -0.398 e. The zero-order chi connectivity index (χ0) is 15.0. The number of benzene rings is 1. The topological polar surface area (TPSA) is 67.6 Å². The van der Waals surface area contributed by atoms with Gasteiger partial charge in [-0.2, -0.15) is 0 Å². The van der Waals surface area contributed by atoms with E-state index in [-0.39, 0.29) is 11.9 Å². The van der Waals surface area contributed by atoms with Gasteiger partial charge < -0.3 is 15.8 Å². The minimum absolute atomic E-state index is 0.0124. The number of nitrogens with two attached hydrogens (primary N) is 1. The minimum atomic E-state index is -0.198. The number of nitrogens with one attached hydrogen (secondary N) is 1. The Morgan fingerprint density at radius 1 is 1.45 bits per heavy atom. The van der Waals surface area contributed by atoms with Crippen LogP contribution in [0.4, 0.5) is 5.69 Å². The highest BCUT2D eigenvalue weighted by molar-refractivity contribution is 5.81. The number of carbonyl (C=O) groups excluding carboxylic acids is 1. The SMILES string of the molecule is CCN(Cc1ccccc1N)C(C)C(=O)NCCOC. The molecule has 0 aliphatic heterocycles. The second kappa shape index (κ2) is 8.55. The van der Waals surface area contributed by atoms with Gasteiger partial charge in [-0.1, -0.05) is 25.1 Å². The molecule has 1 aromatic carbocycles. The van der Waals surface area contributed by atoms with E-state index in [1.165, 1.54) is 0 Å². The van der Waals surface area contributed by atoms with Crippen molar-refractivity contribution in [2.45, 2.75) is 26.4 Å². The number of para-hydroxylation sites is 1. The summed E-state index contributed by atoms with van der Waals surface area (Å²) in [5.41, 5.74) is 7.76. The molecule has 0 fully saturated rings. The average molecular weight is 279 g/mol. The molecular formula is C15H25N3O2. The first kappa shape index (κ1) is 16.5. The standard InChI is InChI=1S/C15H25N3O2/c1-4-18(11-13-7-5-6-8-14(13)16)12(2)15(19)17-9-10-20-3/h5-8,12H,4,9-11,16H2,1-3H3,(H,17,19). The van der Waals surface area contributed by atoms with Crippen LogP contribution in [-0.2, 0) is 16.1 Å². The van der Waals surface area contributed by atoms with E-state index in [9.17, 15) is 4.79 Å². The molecule has 1 aromatic rings. The lowest BCUT2D eigenvalue weighted by Gasteiger charge is -2.27. The van der Waals surface area contributed by atoms with Gasteiger partial charge in [0.2, 0.25) is 5.91 Å². The van der Waals surface area contributed by atoms with Crippen LogP contribution in [0.15, 0.2) is 24.3 Å². The number of amides is 1. The average Bonchev–Trinajstić information content (AvgIpc) is 2.46. The number of carbonyl (C=O) groups is 1. The van der Waals surface area contributed by atoms with Crippen molar-refractivity contribution in [3.05, 3.63) is 29.8 Å². The van der Waals surface area contributed by atoms with Crippen LogP contribution in [0, 0.1) is 0 Å². The highest BCUT2D eigenvalue weighted by atomic mass is 16.5. The summed E-state index contributed by atoms with van der Waals surface area (Å²) in [4.78, 5) is 14.1. The van der Waals surface area contributed by atoms with Gasteiger partial charge in [-0.05, 0) is 25.1 Å². The second-order valence-electron chi connectivity index (χ2n) is 4.72. The van der Waals surface area contributed by atoms with Crippen molar-refractivity contribution in [3.8, 4) is 0 Å². The molecule has 20 heavy (non-hydrogen) atoms. The van der Waals surface area contributed by atoms with Crippen molar-refractivity contribution < 1.29 is 9.53 Å². The Morgan fingerprint density at radius 2 is 2.15 bits per heavy atom. The van der Waals surface area contributed by atoms with Gasteiger partial charge >= 0.3 is 0 Å². The van der Waals surface area contributed by atoms with E-state index in [0.717, 1.165) is 17.8 Å². The predicted molar refractivity (Wildman–Crippen MR) is 81.3 cm³/mol. The zero-order valence-corrected chi connectivity index (χ0v) is 12.6. The van der Waals surface area contributed by atoms with E-state index in [2.05, 4.69) is 10.2 Å². The number of hydrogen-bond acceptors (Lipinski definition) is 4. The van der Waals surface area contributed by atoms with Crippen molar-refractivity contribution in [1.82, 2.24) is 10.2 Å². The number of methoxy groups -OCH3 is 1. The lowest BCUT2D eigenvalue weighted by Crippen LogP contribution is -2.45. The number of anilines is 1. The molecule has 0 saturated carbocycles. The molecule has 1 amide bonds. The van der Waals surface area contributed by atoms with Gasteiger partial charge in [0.1, 0.15) is 0 Å². The predicted octanol–water partition coefficient (Wildman–Crippen LogP) is 1.24. The number of nitrogens with zero attached hydrogens (tertiary/aromatic N) is 1. The summed E-state index contributed by atoms with van der Waals surface area (Å²) in [5, 5.41) is 2.86. The molecule has 112 valence electrons. The van der Waals surface area contributed by atoms with Crippen molar-refractivity contribution >= 4 is 11.6 Å². The summed E-state index contributed by atoms with van der Waals surface area (Å²) >= 11 is 0. The van der Waals surface area contributed by atoms with Crippen LogP contribution in [0.1, 0.15) is 19.4 Å². The highest BCUT2D eigenvalue weighted by Crippen LogP contribution is 2.15. The Bertz CT molecular complexity index is 423. The molecule has 0 heterocycles. The van der Waals surface area contributed by atoms with Crippen molar-refractivity contribution in [2.75, 3.05) is 32.5 Å². The van der Waals surface area contributed by atoms with E-state index in [0.29, 0.717) is 19.7 Å². The summed E-state index contributed by atoms with van der Waals surface area (Å²) < 4.78 is 4.93. The van der Waals surface area contributed by atoms with Gasteiger partial charge in [-0.25, -0.2) is 0 Å². The quantitative estimate of drug-likeness (QED) is 0.555. The van der Waals surface area contributed by atoms with Crippen LogP contribution in [0.25, 0.3) is 0 Å². The van der Waals surface area contributed by atoms with Crippen LogP contribution in [0.3, 0.4) is 0 Å². The number of hydrogen-bond donors (Lipinski definition) is 2. The second-order valence-corrected chi connectivity index (χ2v) is 4.72. The Labute approximate surface area is 121 Å². The first-order chi connectivity index (χ1) is 9.60. The van der Waals surface area contributed by atoms with E-state index >= 15 is 0 Å². The summed E-state index contributed by atoms with van der Waals surface area (Å²) in [6, 6.07) is 7.55. The van der Waals surface area contributed by atoms with Gasteiger partial charge in [0.25, 0.3) is 0 Å². The number of rotatable bonds is 8. The van der Waals surface area contributed by atoms with Crippen molar-refractivity contribution in [1.29, 1.82) is 0 Å². The van der Waals surface area contributed by atoms with E-state index in [1.807, 2.05) is 38.1 Å². The fourth-order valence-corrected chi connectivity index (χ4v) is 2.01. The molecule has 3 N–H and O–H groups in total. The van der Waals surface area contributed by atoms with Gasteiger partial charge in [-0.3, -0.25) is 9.69 Å². The molecule has 0 saturated heterocycles. The van der Waals surface area contributed by atoms with E-state index < -0.39 is 0 Å². The normalized spacial score (nSPS) is 12.4. The van der Waals surface area contributed by atoms with Crippen molar-refractivity contribution in [3.63, 3.8) is 0 Å². The monoisotopic (exact) mass is 279 g/mol. The molecule has 5 heteroatoms. The van der Waals surface area contributed by atoms with E-state index in [1.54, 1.807) is 7.11 Å². The molecule has 1 rings (SSSR count). The lowest BCUT2D eigenvalue weighted by atomic mass is 10.1. The lowest BCUT2D eigenvalue weighted by molar-refractivity contribution is -0.126. The van der Waals surface area contributed by atoms with Crippen molar-refractivity contribution in [2.24, 2.45) is 0 Å². The molecule has 1 unspecified atom stereocenters. The molecule has 0 spiro atoms. The summed E-state index contributed by atoms with van der Waals surface area (Å²) in [7, 11) is 1.62. The molecule has 0 bridgehead atoms. The summed E-state index contributed by atoms with van der Waals surface area (Å²) in [5.74, 6) is 0.0124. The molecule has 5 nitrogen and oxygen atoms in total. The largest absolute Gasteiger partial charge is 0.398 e. The zero-order valence-electron chi connectivity index (χ0n) is 12.6. The maximum atomic E-state index is 12.1. The summed E-state index contributed by atoms with van der Waals surface area (Å²) in [6.45, 7) is 6.46. The van der Waals surface area contributed by atoms with Crippen LogP contribution < -0.4 is 11.1 Å². The molecule has 0 aliphatic rings. The van der Waals surface area contributed by atoms with Crippen LogP contribution in [0.2, 0.25) is 0 Å². The molecule has 0 aromatic heterocycles. The molecule has 0 radical (unpaired) electrons. The fraction of sp³-hybridized carbons (Fsp3) is 0.533. The maximum absolute atomic E-state index is 12.1. The smallest absolute Gasteiger partial charge is 0.237 e. The maximum Gasteiger partial charge on any atom is 0.237 e. The van der Waals surface area contributed by atoms with Crippen LogP contribution in [-0.4, -0.2) is 43.7 Å². The first-order valence-electron chi connectivity index (χ1n) is 6.94. The Kier molecular flexibility index (Phi) is 7.04. The Balaban J connectivity index is 2.61.